The Hall–Kier alpha value is -2.08. The van der Waals surface area contributed by atoms with Crippen molar-refractivity contribution in [1.82, 2.24) is 10.6 Å². The zero-order valence-electron chi connectivity index (χ0n) is 15.6. The summed E-state index contributed by atoms with van der Waals surface area (Å²) in [7, 11) is 0. The Morgan fingerprint density at radius 2 is 1.88 bits per heavy atom. The van der Waals surface area contributed by atoms with E-state index in [9.17, 15) is 4.79 Å². The fourth-order valence-electron chi connectivity index (χ4n) is 2.60. The van der Waals surface area contributed by atoms with E-state index in [0.717, 1.165) is 25.6 Å². The molecule has 3 N–H and O–H groups in total. The van der Waals surface area contributed by atoms with Gasteiger partial charge in [-0.15, -0.1) is 0 Å². The minimum Gasteiger partial charge on any atom is -0.481 e. The highest BCUT2D eigenvalue weighted by Gasteiger charge is 2.17. The van der Waals surface area contributed by atoms with Gasteiger partial charge in [-0.05, 0) is 63.7 Å². The van der Waals surface area contributed by atoms with E-state index in [0.29, 0.717) is 12.5 Å². The van der Waals surface area contributed by atoms with Crippen molar-refractivity contribution in [2.75, 3.05) is 13.1 Å². The van der Waals surface area contributed by atoms with E-state index in [1.165, 1.54) is 18.4 Å². The van der Waals surface area contributed by atoms with E-state index in [4.69, 9.17) is 14.6 Å². The third-order valence-corrected chi connectivity index (χ3v) is 3.60. The fourth-order valence-corrected chi connectivity index (χ4v) is 2.60. The second-order valence-electron chi connectivity index (χ2n) is 7.14. The molecule has 1 heterocycles. The van der Waals surface area contributed by atoms with E-state index in [1.54, 1.807) is 0 Å². The molecule has 0 atom stereocenters. The minimum absolute atomic E-state index is 0.366. The van der Waals surface area contributed by atoms with Gasteiger partial charge in [0.2, 0.25) is 0 Å². The first-order valence-electron chi connectivity index (χ1n) is 8.63. The lowest BCUT2D eigenvalue weighted by Crippen LogP contribution is -2.32. The molecule has 1 aliphatic heterocycles. The van der Waals surface area contributed by atoms with Gasteiger partial charge in [0.25, 0.3) is 5.97 Å². The first-order chi connectivity index (χ1) is 11.7. The second kappa shape index (κ2) is 10.0. The van der Waals surface area contributed by atoms with Gasteiger partial charge in [-0.3, -0.25) is 4.79 Å². The van der Waals surface area contributed by atoms with Crippen molar-refractivity contribution in [3.05, 3.63) is 35.4 Å². The lowest BCUT2D eigenvalue weighted by molar-refractivity contribution is -0.134. The number of piperidine rings is 1. The van der Waals surface area contributed by atoms with Crippen LogP contribution in [0.4, 0.5) is 4.79 Å². The third-order valence-electron chi connectivity index (χ3n) is 3.60. The fraction of sp³-hybridized carbons (Fsp3) is 0.579. The Bertz CT molecular complexity index is 557. The summed E-state index contributed by atoms with van der Waals surface area (Å²) in [6.45, 7) is 9.36. The molecule has 6 nitrogen and oxygen atoms in total. The molecule has 0 unspecified atom stereocenters. The predicted molar refractivity (Wildman–Crippen MR) is 97.7 cm³/mol. The number of carbonyl (C=O) groups is 2. The molecule has 1 amide bonds. The summed E-state index contributed by atoms with van der Waals surface area (Å²) in [6.07, 6.45) is 2.00. The van der Waals surface area contributed by atoms with Crippen LogP contribution in [0.25, 0.3) is 0 Å². The van der Waals surface area contributed by atoms with Crippen LogP contribution < -0.4 is 10.6 Å². The number of benzene rings is 1. The summed E-state index contributed by atoms with van der Waals surface area (Å²) in [5, 5.41) is 13.6. The zero-order chi connectivity index (χ0) is 18.9. The SMILES string of the molecule is CC(=O)O.CC(C)(C)OC(=O)NCc1cccc(C2CCNCC2)c1. The van der Waals surface area contributed by atoms with Crippen molar-refractivity contribution >= 4 is 12.1 Å². The number of carboxylic acid groups (broad SMARTS) is 1. The molecule has 0 saturated carbocycles. The van der Waals surface area contributed by atoms with Gasteiger partial charge in [-0.25, -0.2) is 4.79 Å². The molecule has 140 valence electrons. The maximum absolute atomic E-state index is 11.7. The van der Waals surface area contributed by atoms with Crippen LogP contribution in [0.3, 0.4) is 0 Å². The van der Waals surface area contributed by atoms with Crippen molar-refractivity contribution in [3.63, 3.8) is 0 Å². The predicted octanol–water partition coefficient (Wildman–Crippen LogP) is 3.27. The van der Waals surface area contributed by atoms with Crippen LogP contribution in [0.2, 0.25) is 0 Å². The first-order valence-corrected chi connectivity index (χ1v) is 8.63. The Labute approximate surface area is 150 Å². The van der Waals surface area contributed by atoms with Crippen LogP contribution in [0.15, 0.2) is 24.3 Å². The number of nitrogens with one attached hydrogen (secondary N) is 2. The number of hydrogen-bond acceptors (Lipinski definition) is 4. The molecule has 0 spiro atoms. The van der Waals surface area contributed by atoms with Crippen molar-refractivity contribution in [2.45, 2.75) is 58.6 Å². The smallest absolute Gasteiger partial charge is 0.407 e. The number of aliphatic carboxylic acids is 1. The van der Waals surface area contributed by atoms with Gasteiger partial charge in [0.15, 0.2) is 0 Å². The summed E-state index contributed by atoms with van der Waals surface area (Å²) in [4.78, 5) is 20.7. The molecule has 6 heteroatoms. The van der Waals surface area contributed by atoms with Crippen molar-refractivity contribution in [3.8, 4) is 0 Å². The highest BCUT2D eigenvalue weighted by atomic mass is 16.6. The largest absolute Gasteiger partial charge is 0.481 e. The van der Waals surface area contributed by atoms with Crippen LogP contribution in [0.1, 0.15) is 57.6 Å². The number of rotatable bonds is 3. The quantitative estimate of drug-likeness (QED) is 0.779. The number of alkyl carbamates (subject to hydrolysis) is 1. The summed E-state index contributed by atoms with van der Waals surface area (Å²) in [6, 6.07) is 8.51. The molecular weight excluding hydrogens is 320 g/mol. The Balaban J connectivity index is 0.000000705. The second-order valence-corrected chi connectivity index (χ2v) is 7.14. The molecule has 0 bridgehead atoms. The number of hydrogen-bond donors (Lipinski definition) is 3. The van der Waals surface area contributed by atoms with E-state index in [1.807, 2.05) is 26.8 Å². The first kappa shape index (κ1) is 21.0. The topological polar surface area (TPSA) is 87.7 Å². The molecule has 2 rings (SSSR count). The van der Waals surface area contributed by atoms with E-state index in [2.05, 4.69) is 28.8 Å². The molecule has 1 aliphatic rings. The molecule has 25 heavy (non-hydrogen) atoms. The molecule has 0 aromatic heterocycles. The van der Waals surface area contributed by atoms with E-state index >= 15 is 0 Å². The van der Waals surface area contributed by atoms with Crippen LogP contribution in [0.5, 0.6) is 0 Å². The van der Waals surface area contributed by atoms with Crippen molar-refractivity contribution < 1.29 is 19.4 Å². The Kier molecular flexibility index (Phi) is 8.41. The van der Waals surface area contributed by atoms with Gasteiger partial charge >= 0.3 is 6.09 Å². The molecular formula is C19H30N2O4. The van der Waals surface area contributed by atoms with E-state index < -0.39 is 11.6 Å². The van der Waals surface area contributed by atoms with Gasteiger partial charge in [0, 0.05) is 13.5 Å². The summed E-state index contributed by atoms with van der Waals surface area (Å²) < 4.78 is 5.25. The third kappa shape index (κ3) is 9.72. The number of carbonyl (C=O) groups excluding carboxylic acids is 1. The Morgan fingerprint density at radius 1 is 1.28 bits per heavy atom. The summed E-state index contributed by atoms with van der Waals surface area (Å²) in [5.41, 5.74) is 2.04. The maximum atomic E-state index is 11.7. The zero-order valence-corrected chi connectivity index (χ0v) is 15.6. The lowest BCUT2D eigenvalue weighted by Gasteiger charge is -2.23. The van der Waals surface area contributed by atoms with Crippen LogP contribution in [-0.4, -0.2) is 35.9 Å². The normalized spacial score (nSPS) is 14.9. The highest BCUT2D eigenvalue weighted by Crippen LogP contribution is 2.25. The van der Waals surface area contributed by atoms with Crippen LogP contribution in [0, 0.1) is 0 Å². The van der Waals surface area contributed by atoms with Crippen LogP contribution in [-0.2, 0) is 16.1 Å². The number of ether oxygens (including phenoxy) is 1. The van der Waals surface area contributed by atoms with Crippen molar-refractivity contribution in [2.24, 2.45) is 0 Å². The maximum Gasteiger partial charge on any atom is 0.407 e. The average Bonchev–Trinajstić information content (AvgIpc) is 2.52. The van der Waals surface area contributed by atoms with Gasteiger partial charge in [-0.2, -0.15) is 0 Å². The summed E-state index contributed by atoms with van der Waals surface area (Å²) in [5.74, 6) is -0.201. The van der Waals surface area contributed by atoms with Gasteiger partial charge in [0.1, 0.15) is 5.60 Å². The minimum atomic E-state index is -0.833. The molecule has 1 fully saturated rings. The number of amides is 1. The highest BCUT2D eigenvalue weighted by molar-refractivity contribution is 5.67. The van der Waals surface area contributed by atoms with Gasteiger partial charge in [-0.1, -0.05) is 24.3 Å². The van der Waals surface area contributed by atoms with Crippen LogP contribution >= 0.6 is 0 Å². The molecule has 1 aromatic rings. The van der Waals surface area contributed by atoms with Gasteiger partial charge < -0.3 is 20.5 Å². The molecule has 1 aromatic carbocycles. The van der Waals surface area contributed by atoms with Gasteiger partial charge in [0.05, 0.1) is 0 Å². The monoisotopic (exact) mass is 350 g/mol. The molecule has 0 aliphatic carbocycles. The molecule has 0 radical (unpaired) electrons. The summed E-state index contributed by atoms with van der Waals surface area (Å²) >= 11 is 0. The average molecular weight is 350 g/mol. The molecule has 1 saturated heterocycles. The lowest BCUT2D eigenvalue weighted by atomic mass is 9.89. The van der Waals surface area contributed by atoms with E-state index in [-0.39, 0.29) is 6.09 Å². The van der Waals surface area contributed by atoms with Crippen molar-refractivity contribution in [1.29, 1.82) is 0 Å². The standard InChI is InChI=1S/C17H26N2O2.C2H4O2/c1-17(2,3)21-16(20)19-12-13-5-4-6-15(11-13)14-7-9-18-10-8-14;1-2(3)4/h4-6,11,14,18H,7-10,12H2,1-3H3,(H,19,20);1H3,(H,3,4). The number of carboxylic acids is 1. The Morgan fingerprint density at radius 3 is 2.44 bits per heavy atom.